The molecular weight excluding hydrogens is 302 g/mol. The first-order chi connectivity index (χ1) is 10.5. The van der Waals surface area contributed by atoms with Crippen LogP contribution >= 0.6 is 12.6 Å². The number of nitrogens with zero attached hydrogens (tertiary/aromatic N) is 1. The van der Waals surface area contributed by atoms with Crippen molar-refractivity contribution >= 4 is 23.6 Å². The van der Waals surface area contributed by atoms with E-state index in [4.69, 9.17) is 9.57 Å². The van der Waals surface area contributed by atoms with Crippen LogP contribution in [-0.2, 0) is 9.63 Å². The van der Waals surface area contributed by atoms with Crippen LogP contribution in [0.2, 0.25) is 0 Å². The molecule has 6 heteroatoms. The number of benzene rings is 1. The lowest BCUT2D eigenvalue weighted by Crippen LogP contribution is -2.13. The van der Waals surface area contributed by atoms with Gasteiger partial charge < -0.3 is 14.7 Å². The highest BCUT2D eigenvalue weighted by atomic mass is 32.1. The molecule has 0 bridgehead atoms. The van der Waals surface area contributed by atoms with Crippen LogP contribution in [0.5, 0.6) is 11.5 Å². The van der Waals surface area contributed by atoms with Crippen molar-refractivity contribution in [3.8, 4) is 11.5 Å². The first-order valence-electron chi connectivity index (χ1n) is 6.77. The molecule has 0 aliphatic heterocycles. The Morgan fingerprint density at radius 3 is 2.95 bits per heavy atom. The summed E-state index contributed by atoms with van der Waals surface area (Å²) < 4.78 is 5.18. The van der Waals surface area contributed by atoms with Crippen molar-refractivity contribution in [1.29, 1.82) is 0 Å². The fourth-order valence-corrected chi connectivity index (χ4v) is 2.12. The average molecular weight is 319 g/mol. The predicted molar refractivity (Wildman–Crippen MR) is 87.3 cm³/mol. The highest BCUT2D eigenvalue weighted by molar-refractivity contribution is 7.97. The molecule has 1 N–H and O–H groups in total. The SMILES string of the molecule is Cc1ccc(OCC(=O)O/N=C(\S)CC2=CC=CC2)c(O)c1. The third kappa shape index (κ3) is 4.96. The maximum atomic E-state index is 11.5. The average Bonchev–Trinajstić information content (AvgIpc) is 2.97. The molecule has 0 unspecified atom stereocenters. The van der Waals surface area contributed by atoms with Gasteiger partial charge in [-0.15, -0.1) is 12.6 Å². The molecule has 0 saturated carbocycles. The van der Waals surface area contributed by atoms with Crippen LogP contribution in [0.1, 0.15) is 18.4 Å². The van der Waals surface area contributed by atoms with E-state index in [-0.39, 0.29) is 18.1 Å². The summed E-state index contributed by atoms with van der Waals surface area (Å²) in [6, 6.07) is 4.91. The molecule has 0 heterocycles. The van der Waals surface area contributed by atoms with Crippen molar-refractivity contribution in [1.82, 2.24) is 0 Å². The molecule has 1 aliphatic rings. The third-order valence-corrected chi connectivity index (χ3v) is 3.19. The summed E-state index contributed by atoms with van der Waals surface area (Å²) in [5, 5.41) is 13.7. The zero-order chi connectivity index (χ0) is 15.9. The lowest BCUT2D eigenvalue weighted by atomic mass is 10.2. The topological polar surface area (TPSA) is 68.1 Å². The van der Waals surface area contributed by atoms with Gasteiger partial charge in [0.05, 0.1) is 0 Å². The summed E-state index contributed by atoms with van der Waals surface area (Å²) in [6.07, 6.45) is 7.39. The number of phenols is 1. The second-order valence-electron chi connectivity index (χ2n) is 4.86. The Labute approximate surface area is 134 Å². The summed E-state index contributed by atoms with van der Waals surface area (Å²) in [4.78, 5) is 16.3. The molecule has 0 radical (unpaired) electrons. The molecule has 0 saturated heterocycles. The number of aryl methyl sites for hydroxylation is 1. The number of rotatable bonds is 6. The quantitative estimate of drug-likeness (QED) is 0.278. The number of allylic oxidation sites excluding steroid dienone is 4. The van der Waals surface area contributed by atoms with Crippen molar-refractivity contribution < 1.29 is 19.5 Å². The van der Waals surface area contributed by atoms with Crippen molar-refractivity contribution in [2.45, 2.75) is 19.8 Å². The maximum Gasteiger partial charge on any atom is 0.372 e. The number of aromatic hydroxyl groups is 1. The van der Waals surface area contributed by atoms with E-state index in [1.54, 1.807) is 18.2 Å². The second kappa shape index (κ2) is 7.70. The van der Waals surface area contributed by atoms with Crippen molar-refractivity contribution in [3.05, 3.63) is 47.6 Å². The molecule has 2 rings (SSSR count). The van der Waals surface area contributed by atoms with Gasteiger partial charge in [0.1, 0.15) is 5.04 Å². The molecule has 0 atom stereocenters. The largest absolute Gasteiger partial charge is 0.504 e. The molecule has 1 aliphatic carbocycles. The predicted octanol–water partition coefficient (Wildman–Crippen LogP) is 3.14. The number of hydrogen-bond acceptors (Lipinski definition) is 5. The molecule has 0 amide bonds. The maximum absolute atomic E-state index is 11.5. The summed E-state index contributed by atoms with van der Waals surface area (Å²) in [6.45, 7) is 1.50. The van der Waals surface area contributed by atoms with Crippen molar-refractivity contribution in [2.75, 3.05) is 6.61 Å². The Morgan fingerprint density at radius 2 is 2.27 bits per heavy atom. The number of carbonyl (C=O) groups excluding carboxylic acids is 1. The fourth-order valence-electron chi connectivity index (χ4n) is 1.87. The summed E-state index contributed by atoms with van der Waals surface area (Å²) >= 11 is 4.17. The molecule has 0 fully saturated rings. The van der Waals surface area contributed by atoms with Gasteiger partial charge in [0, 0.05) is 6.42 Å². The molecule has 1 aromatic rings. The van der Waals surface area contributed by atoms with Gasteiger partial charge >= 0.3 is 5.97 Å². The summed E-state index contributed by atoms with van der Waals surface area (Å²) in [7, 11) is 0. The number of thiol groups is 1. The zero-order valence-corrected chi connectivity index (χ0v) is 13.0. The highest BCUT2D eigenvalue weighted by Crippen LogP contribution is 2.26. The van der Waals surface area contributed by atoms with Crippen LogP contribution in [0.3, 0.4) is 0 Å². The van der Waals surface area contributed by atoms with Crippen LogP contribution in [0.25, 0.3) is 0 Å². The Kier molecular flexibility index (Phi) is 5.66. The number of oxime groups is 1. The minimum absolute atomic E-state index is 0.0214. The Balaban J connectivity index is 1.77. The van der Waals surface area contributed by atoms with Crippen LogP contribution in [0, 0.1) is 6.92 Å². The first-order valence-corrected chi connectivity index (χ1v) is 7.22. The summed E-state index contributed by atoms with van der Waals surface area (Å²) in [5.41, 5.74) is 2.05. The van der Waals surface area contributed by atoms with Crippen LogP contribution < -0.4 is 4.74 Å². The number of ether oxygens (including phenoxy) is 1. The zero-order valence-electron chi connectivity index (χ0n) is 12.2. The van der Waals surface area contributed by atoms with E-state index in [0.717, 1.165) is 17.6 Å². The van der Waals surface area contributed by atoms with E-state index in [0.29, 0.717) is 11.5 Å². The Morgan fingerprint density at radius 1 is 1.45 bits per heavy atom. The lowest BCUT2D eigenvalue weighted by molar-refractivity contribution is -0.146. The van der Waals surface area contributed by atoms with Gasteiger partial charge in [-0.1, -0.05) is 35.0 Å². The van der Waals surface area contributed by atoms with Crippen molar-refractivity contribution in [2.24, 2.45) is 5.16 Å². The number of hydrogen-bond donors (Lipinski definition) is 2. The fraction of sp³-hybridized carbons (Fsp3) is 0.250. The standard InChI is InChI=1S/C16H17NO4S/c1-11-6-7-14(13(18)8-11)20-10-16(19)21-17-15(22)9-12-4-2-3-5-12/h2-4,6-8,18H,5,9-10H2,1H3,(H,17,22). The van der Waals surface area contributed by atoms with Gasteiger partial charge in [-0.2, -0.15) is 0 Å². The van der Waals surface area contributed by atoms with Crippen LogP contribution in [0.15, 0.2) is 47.2 Å². The Hall–Kier alpha value is -2.21. The van der Waals surface area contributed by atoms with Gasteiger partial charge in [0.25, 0.3) is 0 Å². The van der Waals surface area contributed by atoms with E-state index in [9.17, 15) is 9.90 Å². The van der Waals surface area contributed by atoms with E-state index >= 15 is 0 Å². The van der Waals surface area contributed by atoms with E-state index < -0.39 is 5.97 Å². The van der Waals surface area contributed by atoms with Crippen LogP contribution in [0.4, 0.5) is 0 Å². The van der Waals surface area contributed by atoms with Gasteiger partial charge in [0.2, 0.25) is 0 Å². The summed E-state index contributed by atoms with van der Waals surface area (Å²) in [5.74, 6) is -0.461. The van der Waals surface area contributed by atoms with E-state index in [2.05, 4.69) is 17.8 Å². The smallest absolute Gasteiger partial charge is 0.372 e. The molecule has 116 valence electrons. The molecule has 5 nitrogen and oxygen atoms in total. The molecular formula is C16H17NO4S. The molecule has 1 aromatic carbocycles. The van der Waals surface area contributed by atoms with Gasteiger partial charge in [0.15, 0.2) is 18.1 Å². The molecule has 0 spiro atoms. The van der Waals surface area contributed by atoms with Gasteiger partial charge in [-0.05, 0) is 31.0 Å². The highest BCUT2D eigenvalue weighted by Gasteiger charge is 2.09. The number of phenolic OH excluding ortho intramolecular Hbond substituents is 1. The van der Waals surface area contributed by atoms with E-state index in [1.165, 1.54) is 0 Å². The third-order valence-electron chi connectivity index (χ3n) is 2.95. The van der Waals surface area contributed by atoms with Crippen molar-refractivity contribution in [3.63, 3.8) is 0 Å². The van der Waals surface area contributed by atoms with Crippen LogP contribution in [-0.4, -0.2) is 22.7 Å². The van der Waals surface area contributed by atoms with E-state index in [1.807, 2.05) is 25.2 Å². The number of carbonyl (C=O) groups is 1. The molecule has 22 heavy (non-hydrogen) atoms. The second-order valence-corrected chi connectivity index (χ2v) is 5.38. The molecule has 0 aromatic heterocycles. The normalized spacial score (nSPS) is 13.9. The lowest BCUT2D eigenvalue weighted by Gasteiger charge is -2.07. The van der Waals surface area contributed by atoms with Gasteiger partial charge in [-0.25, -0.2) is 4.79 Å². The Bertz CT molecular complexity index is 650. The monoisotopic (exact) mass is 319 g/mol. The first kappa shape index (κ1) is 16.2. The minimum atomic E-state index is -0.662. The minimum Gasteiger partial charge on any atom is -0.504 e. The van der Waals surface area contributed by atoms with Gasteiger partial charge in [-0.3, -0.25) is 0 Å².